The maximum atomic E-state index is 12.3. The highest BCUT2D eigenvalue weighted by Crippen LogP contribution is 2.66. The Morgan fingerprint density at radius 2 is 1.92 bits per heavy atom. The average Bonchev–Trinajstić information content (AvgIpc) is 3.19. The molecule has 1 aliphatic rings. The summed E-state index contributed by atoms with van der Waals surface area (Å²) in [6, 6.07) is 15.4. The molecule has 0 aromatic heterocycles. The van der Waals surface area contributed by atoms with Crippen molar-refractivity contribution in [1.82, 2.24) is 0 Å². The highest BCUT2D eigenvalue weighted by atomic mass is 16.3. The highest BCUT2D eigenvalue weighted by molar-refractivity contribution is 5.87. The Bertz CT molecular complexity index is 790. The summed E-state index contributed by atoms with van der Waals surface area (Å²) in [4.78, 5) is 12.3. The van der Waals surface area contributed by atoms with E-state index in [0.717, 1.165) is 23.1 Å². The lowest BCUT2D eigenvalue weighted by atomic mass is 9.82. The fourth-order valence-corrected chi connectivity index (χ4v) is 4.17. The summed E-state index contributed by atoms with van der Waals surface area (Å²) < 4.78 is 0. The third-order valence-electron chi connectivity index (χ3n) is 5.84. The molecule has 0 radical (unpaired) electrons. The maximum absolute atomic E-state index is 12.3. The number of aryl methyl sites for hydroxylation is 1. The molecule has 0 aliphatic heterocycles. The van der Waals surface area contributed by atoms with Gasteiger partial charge < -0.3 is 16.6 Å². The summed E-state index contributed by atoms with van der Waals surface area (Å²) in [5.74, 6) is 0.0148. The molecule has 0 bridgehead atoms. The number of phenols is 1. The van der Waals surface area contributed by atoms with Gasteiger partial charge in [0.25, 0.3) is 0 Å². The van der Waals surface area contributed by atoms with Crippen molar-refractivity contribution in [2.24, 2.45) is 16.9 Å². The molecule has 4 nitrogen and oxygen atoms in total. The number of rotatable bonds is 6. The van der Waals surface area contributed by atoms with Crippen molar-refractivity contribution in [3.05, 3.63) is 65.2 Å². The zero-order valence-electron chi connectivity index (χ0n) is 14.8. The summed E-state index contributed by atoms with van der Waals surface area (Å²) in [5, 5.41) is 9.65. The Morgan fingerprint density at radius 1 is 1.24 bits per heavy atom. The van der Waals surface area contributed by atoms with Gasteiger partial charge >= 0.3 is 0 Å². The van der Waals surface area contributed by atoms with Gasteiger partial charge in [-0.25, -0.2) is 0 Å². The summed E-state index contributed by atoms with van der Waals surface area (Å²) in [6.07, 6.45) is 1.95. The van der Waals surface area contributed by atoms with Crippen LogP contribution in [-0.2, 0) is 16.6 Å². The van der Waals surface area contributed by atoms with E-state index >= 15 is 0 Å². The predicted molar refractivity (Wildman–Crippen MR) is 99.2 cm³/mol. The molecule has 2 unspecified atom stereocenters. The molecule has 3 atom stereocenters. The molecule has 2 aromatic rings. The van der Waals surface area contributed by atoms with E-state index in [2.05, 4.69) is 19.1 Å². The van der Waals surface area contributed by atoms with Gasteiger partial charge in [0.05, 0.1) is 5.41 Å². The molecule has 1 saturated carbocycles. The Kier molecular flexibility index (Phi) is 4.33. The van der Waals surface area contributed by atoms with Crippen LogP contribution in [0.1, 0.15) is 36.5 Å². The van der Waals surface area contributed by atoms with Gasteiger partial charge in [0, 0.05) is 11.5 Å². The van der Waals surface area contributed by atoms with Crippen molar-refractivity contribution < 1.29 is 9.90 Å². The van der Waals surface area contributed by atoms with Gasteiger partial charge in [-0.2, -0.15) is 0 Å². The first-order valence-electron chi connectivity index (χ1n) is 8.68. The van der Waals surface area contributed by atoms with Gasteiger partial charge in [-0.3, -0.25) is 4.79 Å². The lowest BCUT2D eigenvalue weighted by Crippen LogP contribution is -2.38. The van der Waals surface area contributed by atoms with Crippen LogP contribution in [0.5, 0.6) is 5.75 Å². The van der Waals surface area contributed by atoms with Crippen molar-refractivity contribution in [2.45, 2.75) is 44.6 Å². The lowest BCUT2D eigenvalue weighted by Gasteiger charge is -2.24. The van der Waals surface area contributed by atoms with Crippen molar-refractivity contribution in [1.29, 1.82) is 0 Å². The van der Waals surface area contributed by atoms with Gasteiger partial charge in [-0.1, -0.05) is 49.4 Å². The topological polar surface area (TPSA) is 89.3 Å². The van der Waals surface area contributed by atoms with Gasteiger partial charge in [0.2, 0.25) is 5.91 Å². The van der Waals surface area contributed by atoms with E-state index in [4.69, 9.17) is 11.5 Å². The van der Waals surface area contributed by atoms with Crippen LogP contribution in [-0.4, -0.2) is 17.1 Å². The van der Waals surface area contributed by atoms with Gasteiger partial charge in [0.15, 0.2) is 0 Å². The summed E-state index contributed by atoms with van der Waals surface area (Å²) >= 11 is 0. The second-order valence-electron chi connectivity index (χ2n) is 7.61. The number of aromatic hydroxyl groups is 1. The third kappa shape index (κ3) is 3.02. The van der Waals surface area contributed by atoms with E-state index in [1.165, 1.54) is 0 Å². The standard InChI is InChI=1S/C21H26N2O2/c1-14-10-15(8-9-18(14)24)11-17(22)12-21(19(23)25)13-20(21,2)16-6-4-3-5-7-16/h3-10,17,24H,11-13,22H2,1-2H3,(H2,23,25)/t17-,20?,21?/m0/s1. The fourth-order valence-electron chi connectivity index (χ4n) is 4.17. The number of amides is 1. The molecule has 2 aromatic carbocycles. The number of phenolic OH excluding ortho intramolecular Hbond substituents is 1. The second-order valence-corrected chi connectivity index (χ2v) is 7.61. The molecule has 5 N–H and O–H groups in total. The average molecular weight is 338 g/mol. The Morgan fingerprint density at radius 3 is 2.52 bits per heavy atom. The smallest absolute Gasteiger partial charge is 0.224 e. The Hall–Kier alpha value is -2.33. The fraction of sp³-hybridized carbons (Fsp3) is 0.381. The van der Waals surface area contributed by atoms with E-state index in [9.17, 15) is 9.90 Å². The first-order chi connectivity index (χ1) is 11.8. The molecule has 0 heterocycles. The second kappa shape index (κ2) is 6.19. The number of carbonyl (C=O) groups excluding carboxylic acids is 1. The minimum absolute atomic E-state index is 0.165. The zero-order chi connectivity index (χ0) is 18.2. The van der Waals surface area contributed by atoms with Crippen molar-refractivity contribution in [2.75, 3.05) is 0 Å². The van der Waals surface area contributed by atoms with Crippen LogP contribution in [0.2, 0.25) is 0 Å². The predicted octanol–water partition coefficient (Wildman–Crippen LogP) is 2.79. The molecular formula is C21H26N2O2. The summed E-state index contributed by atoms with van der Waals surface area (Å²) in [5.41, 5.74) is 14.4. The largest absolute Gasteiger partial charge is 0.508 e. The number of primary amides is 1. The van der Waals surface area contributed by atoms with Crippen molar-refractivity contribution in [3.63, 3.8) is 0 Å². The normalized spacial score (nSPS) is 26.2. The quantitative estimate of drug-likeness (QED) is 0.756. The molecule has 25 heavy (non-hydrogen) atoms. The van der Waals surface area contributed by atoms with Crippen LogP contribution in [0.3, 0.4) is 0 Å². The number of hydrogen-bond acceptors (Lipinski definition) is 3. The Balaban J connectivity index is 1.77. The summed E-state index contributed by atoms with van der Waals surface area (Å²) in [7, 11) is 0. The van der Waals surface area contributed by atoms with Crippen LogP contribution < -0.4 is 11.5 Å². The lowest BCUT2D eigenvalue weighted by molar-refractivity contribution is -0.124. The van der Waals surface area contributed by atoms with Gasteiger partial charge in [-0.05, 0) is 48.9 Å². The summed E-state index contributed by atoms with van der Waals surface area (Å²) in [6.45, 7) is 3.97. The van der Waals surface area contributed by atoms with Crippen molar-refractivity contribution >= 4 is 5.91 Å². The first kappa shape index (κ1) is 17.5. The van der Waals surface area contributed by atoms with Crippen molar-refractivity contribution in [3.8, 4) is 5.75 Å². The Labute approximate surface area is 148 Å². The SMILES string of the molecule is Cc1cc(C[C@H](N)CC2(C(N)=O)CC2(C)c2ccccc2)ccc1O. The minimum atomic E-state index is -0.584. The number of nitrogens with two attached hydrogens (primary N) is 2. The number of carbonyl (C=O) groups is 1. The number of hydrogen-bond donors (Lipinski definition) is 3. The van der Waals surface area contributed by atoms with Gasteiger partial charge in [0.1, 0.15) is 5.75 Å². The maximum Gasteiger partial charge on any atom is 0.224 e. The van der Waals surface area contributed by atoms with E-state index in [-0.39, 0.29) is 23.1 Å². The molecule has 132 valence electrons. The van der Waals surface area contributed by atoms with Gasteiger partial charge in [-0.15, -0.1) is 0 Å². The molecule has 1 aliphatic carbocycles. The molecular weight excluding hydrogens is 312 g/mol. The van der Waals surface area contributed by atoms with E-state index < -0.39 is 5.41 Å². The zero-order valence-corrected chi connectivity index (χ0v) is 14.8. The van der Waals surface area contributed by atoms with Crippen LogP contribution in [0.15, 0.2) is 48.5 Å². The monoisotopic (exact) mass is 338 g/mol. The molecule has 1 fully saturated rings. The molecule has 1 amide bonds. The molecule has 0 spiro atoms. The molecule has 3 rings (SSSR count). The number of benzene rings is 2. The third-order valence-corrected chi connectivity index (χ3v) is 5.84. The highest BCUT2D eigenvalue weighted by Gasteiger charge is 2.68. The van der Waals surface area contributed by atoms with E-state index in [1.807, 2.05) is 37.3 Å². The molecule has 4 heteroatoms. The van der Waals surface area contributed by atoms with Crippen LogP contribution in [0, 0.1) is 12.3 Å². The van der Waals surface area contributed by atoms with E-state index in [1.54, 1.807) is 6.07 Å². The minimum Gasteiger partial charge on any atom is -0.508 e. The molecule has 0 saturated heterocycles. The van der Waals surface area contributed by atoms with E-state index in [0.29, 0.717) is 12.8 Å². The van der Waals surface area contributed by atoms with Crippen LogP contribution in [0.25, 0.3) is 0 Å². The van der Waals surface area contributed by atoms with Crippen LogP contribution in [0.4, 0.5) is 0 Å². The first-order valence-corrected chi connectivity index (χ1v) is 8.68. The van der Waals surface area contributed by atoms with Crippen LogP contribution >= 0.6 is 0 Å².